The standard InChI is InChI=1S/C12H22N4S/c1-5-6-13-11-9-12(15-10(2)14-11)17-8-7-16(3)4/h9H,5-8H2,1-4H3,(H,13,14,15). The molecule has 1 aromatic heterocycles. The predicted octanol–water partition coefficient (Wildman–Crippen LogP) is 2.26. The van der Waals surface area contributed by atoms with E-state index in [9.17, 15) is 0 Å². The van der Waals surface area contributed by atoms with Gasteiger partial charge in [-0.05, 0) is 27.4 Å². The fourth-order valence-corrected chi connectivity index (χ4v) is 2.35. The fourth-order valence-electron chi connectivity index (χ4n) is 1.29. The highest BCUT2D eigenvalue weighted by Crippen LogP contribution is 2.18. The van der Waals surface area contributed by atoms with Gasteiger partial charge >= 0.3 is 0 Å². The highest BCUT2D eigenvalue weighted by atomic mass is 32.2. The molecule has 1 rings (SSSR count). The molecule has 1 N–H and O–H groups in total. The van der Waals surface area contributed by atoms with Crippen LogP contribution in [0.1, 0.15) is 19.2 Å². The number of nitrogens with one attached hydrogen (secondary N) is 1. The molecule has 0 amide bonds. The lowest BCUT2D eigenvalue weighted by Crippen LogP contribution is -2.14. The Morgan fingerprint density at radius 2 is 2.12 bits per heavy atom. The highest BCUT2D eigenvalue weighted by molar-refractivity contribution is 7.99. The second kappa shape index (κ2) is 7.50. The summed E-state index contributed by atoms with van der Waals surface area (Å²) in [6, 6.07) is 2.03. The van der Waals surface area contributed by atoms with Crippen LogP contribution in [-0.2, 0) is 0 Å². The summed E-state index contributed by atoms with van der Waals surface area (Å²) in [5.74, 6) is 2.82. The predicted molar refractivity (Wildman–Crippen MR) is 74.8 cm³/mol. The molecule has 0 atom stereocenters. The summed E-state index contributed by atoms with van der Waals surface area (Å²) < 4.78 is 0. The Morgan fingerprint density at radius 3 is 2.76 bits per heavy atom. The number of hydrogen-bond donors (Lipinski definition) is 1. The molecule has 0 aliphatic carbocycles. The molecular weight excluding hydrogens is 232 g/mol. The van der Waals surface area contributed by atoms with E-state index < -0.39 is 0 Å². The highest BCUT2D eigenvalue weighted by Gasteiger charge is 2.02. The third-order valence-corrected chi connectivity index (χ3v) is 3.05. The monoisotopic (exact) mass is 254 g/mol. The summed E-state index contributed by atoms with van der Waals surface area (Å²) in [6.07, 6.45) is 1.10. The summed E-state index contributed by atoms with van der Waals surface area (Å²) in [5.41, 5.74) is 0. The molecule has 4 nitrogen and oxygen atoms in total. The van der Waals surface area contributed by atoms with Crippen molar-refractivity contribution in [2.24, 2.45) is 0 Å². The fraction of sp³-hybridized carbons (Fsp3) is 0.667. The van der Waals surface area contributed by atoms with Gasteiger partial charge in [-0.3, -0.25) is 0 Å². The van der Waals surface area contributed by atoms with Gasteiger partial charge in [0.05, 0.1) is 0 Å². The van der Waals surface area contributed by atoms with Crippen LogP contribution in [0.15, 0.2) is 11.1 Å². The van der Waals surface area contributed by atoms with Crippen LogP contribution in [0.4, 0.5) is 5.82 Å². The molecule has 0 aliphatic rings. The number of hydrogen-bond acceptors (Lipinski definition) is 5. The number of rotatable bonds is 7. The summed E-state index contributed by atoms with van der Waals surface area (Å²) in [6.45, 7) is 6.10. The van der Waals surface area contributed by atoms with E-state index in [4.69, 9.17) is 0 Å². The Hall–Kier alpha value is -0.810. The van der Waals surface area contributed by atoms with Crippen LogP contribution in [-0.4, -0.2) is 47.8 Å². The second-order valence-corrected chi connectivity index (χ2v) is 5.33. The Bertz CT molecular complexity index is 341. The lowest BCUT2D eigenvalue weighted by atomic mass is 10.4. The van der Waals surface area contributed by atoms with Gasteiger partial charge in [0, 0.05) is 24.9 Å². The molecule has 0 radical (unpaired) electrons. The Labute approximate surface area is 108 Å². The smallest absolute Gasteiger partial charge is 0.130 e. The number of aryl methyl sites for hydroxylation is 1. The molecule has 0 unspecified atom stereocenters. The molecule has 0 bridgehead atoms. The first kappa shape index (κ1) is 14.3. The number of nitrogens with zero attached hydrogens (tertiary/aromatic N) is 3. The maximum absolute atomic E-state index is 4.43. The van der Waals surface area contributed by atoms with Gasteiger partial charge in [0.2, 0.25) is 0 Å². The van der Waals surface area contributed by atoms with E-state index in [2.05, 4.69) is 41.2 Å². The van der Waals surface area contributed by atoms with Crippen molar-refractivity contribution in [2.45, 2.75) is 25.3 Å². The van der Waals surface area contributed by atoms with Gasteiger partial charge in [-0.2, -0.15) is 0 Å². The molecule has 1 heterocycles. The minimum absolute atomic E-state index is 0.832. The normalized spacial score (nSPS) is 10.9. The van der Waals surface area contributed by atoms with E-state index in [0.29, 0.717) is 0 Å². The molecule has 0 spiro atoms. The first-order chi connectivity index (χ1) is 8.11. The van der Waals surface area contributed by atoms with Gasteiger partial charge in [-0.15, -0.1) is 11.8 Å². The molecule has 5 heteroatoms. The molecule has 0 saturated carbocycles. The lowest BCUT2D eigenvalue weighted by molar-refractivity contribution is 0.437. The van der Waals surface area contributed by atoms with E-state index in [1.54, 1.807) is 11.8 Å². The summed E-state index contributed by atoms with van der Waals surface area (Å²) in [4.78, 5) is 11.0. The van der Waals surface area contributed by atoms with Crippen LogP contribution in [0.25, 0.3) is 0 Å². The summed E-state index contributed by atoms with van der Waals surface area (Å²) in [7, 11) is 4.17. The quantitative estimate of drug-likeness (QED) is 0.597. The zero-order valence-corrected chi connectivity index (χ0v) is 12.0. The third-order valence-electron chi connectivity index (χ3n) is 2.16. The first-order valence-electron chi connectivity index (χ1n) is 5.99. The van der Waals surface area contributed by atoms with Gasteiger partial charge in [0.25, 0.3) is 0 Å². The van der Waals surface area contributed by atoms with Gasteiger partial charge in [0.1, 0.15) is 16.7 Å². The van der Waals surface area contributed by atoms with E-state index in [1.807, 2.05) is 13.0 Å². The first-order valence-corrected chi connectivity index (χ1v) is 6.97. The van der Waals surface area contributed by atoms with Crippen molar-refractivity contribution in [2.75, 3.05) is 38.3 Å². The van der Waals surface area contributed by atoms with Crippen molar-refractivity contribution in [1.29, 1.82) is 0 Å². The molecule has 1 aromatic rings. The van der Waals surface area contributed by atoms with Crippen molar-refractivity contribution >= 4 is 17.6 Å². The Kier molecular flexibility index (Phi) is 6.29. The van der Waals surface area contributed by atoms with Crippen LogP contribution in [0.2, 0.25) is 0 Å². The van der Waals surface area contributed by atoms with Crippen LogP contribution in [0.5, 0.6) is 0 Å². The third kappa shape index (κ3) is 5.89. The molecule has 0 fully saturated rings. The molecule has 96 valence electrons. The molecular formula is C12H22N4S. The van der Waals surface area contributed by atoms with Gasteiger partial charge in [0.15, 0.2) is 0 Å². The van der Waals surface area contributed by atoms with Crippen molar-refractivity contribution < 1.29 is 0 Å². The van der Waals surface area contributed by atoms with Crippen LogP contribution in [0, 0.1) is 6.92 Å². The van der Waals surface area contributed by atoms with E-state index in [1.165, 1.54) is 0 Å². The van der Waals surface area contributed by atoms with Crippen LogP contribution < -0.4 is 5.32 Å². The Balaban J connectivity index is 2.55. The minimum atomic E-state index is 0.832. The second-order valence-electron chi connectivity index (χ2n) is 4.22. The molecule has 0 aliphatic heterocycles. The average Bonchev–Trinajstić information content (AvgIpc) is 2.25. The topological polar surface area (TPSA) is 41.0 Å². The van der Waals surface area contributed by atoms with Crippen LogP contribution >= 0.6 is 11.8 Å². The average molecular weight is 254 g/mol. The van der Waals surface area contributed by atoms with Crippen molar-refractivity contribution in [3.63, 3.8) is 0 Å². The van der Waals surface area contributed by atoms with E-state index in [0.717, 1.165) is 41.9 Å². The van der Waals surface area contributed by atoms with Crippen molar-refractivity contribution in [3.8, 4) is 0 Å². The number of thioether (sulfide) groups is 1. The van der Waals surface area contributed by atoms with Crippen LogP contribution in [0.3, 0.4) is 0 Å². The minimum Gasteiger partial charge on any atom is -0.370 e. The van der Waals surface area contributed by atoms with Gasteiger partial charge in [-0.25, -0.2) is 9.97 Å². The lowest BCUT2D eigenvalue weighted by Gasteiger charge is -2.10. The zero-order valence-electron chi connectivity index (χ0n) is 11.2. The largest absolute Gasteiger partial charge is 0.370 e. The Morgan fingerprint density at radius 1 is 1.35 bits per heavy atom. The molecule has 17 heavy (non-hydrogen) atoms. The van der Waals surface area contributed by atoms with Gasteiger partial charge < -0.3 is 10.2 Å². The SMILES string of the molecule is CCCNc1cc(SCCN(C)C)nc(C)n1. The zero-order chi connectivity index (χ0) is 12.7. The summed E-state index contributed by atoms with van der Waals surface area (Å²) >= 11 is 1.78. The number of anilines is 1. The van der Waals surface area contributed by atoms with Crippen molar-refractivity contribution in [1.82, 2.24) is 14.9 Å². The van der Waals surface area contributed by atoms with E-state index in [-0.39, 0.29) is 0 Å². The molecule has 0 aromatic carbocycles. The maximum Gasteiger partial charge on any atom is 0.130 e. The summed E-state index contributed by atoms with van der Waals surface area (Å²) in [5, 5.41) is 4.35. The van der Waals surface area contributed by atoms with E-state index >= 15 is 0 Å². The van der Waals surface area contributed by atoms with Crippen molar-refractivity contribution in [3.05, 3.63) is 11.9 Å². The van der Waals surface area contributed by atoms with Gasteiger partial charge in [-0.1, -0.05) is 6.92 Å². The maximum atomic E-state index is 4.43. The number of aromatic nitrogens is 2. The molecule has 0 saturated heterocycles.